The van der Waals surface area contributed by atoms with Crippen LogP contribution in [0.3, 0.4) is 0 Å². The number of nitrogens with zero attached hydrogens (tertiary/aromatic N) is 2. The number of amides is 3. The molecule has 1 fully saturated rings. The number of hydrogen-bond acceptors (Lipinski definition) is 7. The first-order chi connectivity index (χ1) is 23.0. The number of aromatic nitrogens is 1. The minimum Gasteiger partial charge on any atom is -0.391 e. The molecule has 1 aliphatic heterocycles. The van der Waals surface area contributed by atoms with E-state index in [1.54, 1.807) is 11.3 Å². The molecule has 48 heavy (non-hydrogen) atoms. The van der Waals surface area contributed by atoms with Gasteiger partial charge in [0.2, 0.25) is 17.7 Å². The zero-order chi connectivity index (χ0) is 34.9. The predicted molar refractivity (Wildman–Crippen MR) is 195 cm³/mol. The number of aliphatic hydroxyl groups excluding tert-OH is 1. The highest BCUT2D eigenvalue weighted by Crippen LogP contribution is 2.28. The maximum atomic E-state index is 13.9. The number of hydrogen-bond donors (Lipinski definition) is 4. The third-order valence-corrected chi connectivity index (χ3v) is 10.3. The average molecular weight is 684 g/mol. The van der Waals surface area contributed by atoms with Crippen LogP contribution < -0.4 is 16.4 Å². The molecule has 3 atom stereocenters. The summed E-state index contributed by atoms with van der Waals surface area (Å²) < 4.78 is 0. The van der Waals surface area contributed by atoms with Crippen LogP contribution in [0.5, 0.6) is 0 Å². The lowest BCUT2D eigenvalue weighted by atomic mass is 9.85. The van der Waals surface area contributed by atoms with Crippen LogP contribution in [0, 0.1) is 12.3 Å². The Morgan fingerprint density at radius 2 is 1.50 bits per heavy atom. The molecule has 1 aromatic carbocycles. The Hall–Kier alpha value is -2.82. The summed E-state index contributed by atoms with van der Waals surface area (Å²) in [6.07, 6.45) is 15.4. The van der Waals surface area contributed by atoms with Crippen LogP contribution in [-0.4, -0.2) is 64.0 Å². The molecule has 3 amide bonds. The SMILES string of the molecule is Cc1ncsc1-c1ccc(CNC(=O)C2CC(O)CN2C(=O)C(NC(=O)CCCCCCCCCCCCCCCN)C(C)(C)C)cc1. The zero-order valence-electron chi connectivity index (χ0n) is 29.9. The van der Waals surface area contributed by atoms with Crippen molar-refractivity contribution in [1.29, 1.82) is 0 Å². The van der Waals surface area contributed by atoms with E-state index in [4.69, 9.17) is 5.73 Å². The van der Waals surface area contributed by atoms with Gasteiger partial charge in [-0.15, -0.1) is 11.3 Å². The Bertz CT molecular complexity index is 1260. The van der Waals surface area contributed by atoms with Gasteiger partial charge in [-0.05, 0) is 42.9 Å². The molecule has 0 saturated carbocycles. The Kier molecular flexibility index (Phi) is 17.0. The third-order valence-electron chi connectivity index (χ3n) is 9.32. The van der Waals surface area contributed by atoms with E-state index in [2.05, 4.69) is 15.6 Å². The number of unbranched alkanes of at least 4 members (excludes halogenated alkanes) is 12. The Balaban J connectivity index is 1.40. The van der Waals surface area contributed by atoms with Crippen molar-refractivity contribution in [3.05, 3.63) is 41.0 Å². The molecular formula is C38H61N5O4S. The zero-order valence-corrected chi connectivity index (χ0v) is 30.7. The van der Waals surface area contributed by atoms with E-state index >= 15 is 0 Å². The van der Waals surface area contributed by atoms with E-state index in [9.17, 15) is 19.5 Å². The molecule has 3 unspecified atom stereocenters. The van der Waals surface area contributed by atoms with Gasteiger partial charge in [0.05, 0.1) is 22.2 Å². The summed E-state index contributed by atoms with van der Waals surface area (Å²) in [5, 5.41) is 16.4. The number of aliphatic hydroxyl groups is 1. The number of benzene rings is 1. The first kappa shape index (κ1) is 39.6. The van der Waals surface area contributed by atoms with Gasteiger partial charge in [0.15, 0.2) is 0 Å². The monoisotopic (exact) mass is 683 g/mol. The molecule has 0 bridgehead atoms. The number of β-amino-alcohol motifs (C(OH)–C–C–N with tert-alkyl or cyclic N) is 1. The number of rotatable bonds is 21. The van der Waals surface area contributed by atoms with E-state index in [-0.39, 0.29) is 30.7 Å². The molecule has 10 heteroatoms. The number of aryl methyl sites for hydroxylation is 1. The molecule has 0 radical (unpaired) electrons. The summed E-state index contributed by atoms with van der Waals surface area (Å²) in [5.74, 6) is -0.778. The van der Waals surface area contributed by atoms with Crippen LogP contribution in [-0.2, 0) is 20.9 Å². The molecule has 0 aliphatic carbocycles. The number of carbonyl (C=O) groups is 3. The van der Waals surface area contributed by atoms with E-state index in [0.29, 0.717) is 13.0 Å². The molecule has 9 nitrogen and oxygen atoms in total. The number of nitrogens with one attached hydrogen (secondary N) is 2. The molecule has 2 aromatic rings. The Morgan fingerprint density at radius 1 is 0.938 bits per heavy atom. The van der Waals surface area contributed by atoms with Gasteiger partial charge in [0, 0.05) is 25.9 Å². The molecule has 1 saturated heterocycles. The number of nitrogens with two attached hydrogens (primary N) is 1. The van der Waals surface area contributed by atoms with Crippen molar-refractivity contribution in [2.75, 3.05) is 13.1 Å². The van der Waals surface area contributed by atoms with Crippen LogP contribution in [0.1, 0.15) is 128 Å². The van der Waals surface area contributed by atoms with Gasteiger partial charge in [-0.3, -0.25) is 14.4 Å². The van der Waals surface area contributed by atoms with Crippen LogP contribution >= 0.6 is 11.3 Å². The van der Waals surface area contributed by atoms with Crippen molar-refractivity contribution in [1.82, 2.24) is 20.5 Å². The van der Waals surface area contributed by atoms with Gasteiger partial charge in [0.1, 0.15) is 12.1 Å². The van der Waals surface area contributed by atoms with Gasteiger partial charge in [0.25, 0.3) is 0 Å². The lowest BCUT2D eigenvalue weighted by Crippen LogP contribution is -2.57. The molecule has 268 valence electrons. The summed E-state index contributed by atoms with van der Waals surface area (Å²) in [4.78, 5) is 47.0. The third kappa shape index (κ3) is 13.2. The van der Waals surface area contributed by atoms with Crippen LogP contribution in [0.2, 0.25) is 0 Å². The van der Waals surface area contributed by atoms with Gasteiger partial charge >= 0.3 is 0 Å². The fourth-order valence-corrected chi connectivity index (χ4v) is 7.20. The fraction of sp³-hybridized carbons (Fsp3) is 0.684. The highest BCUT2D eigenvalue weighted by atomic mass is 32.1. The summed E-state index contributed by atoms with van der Waals surface area (Å²) in [6, 6.07) is 6.39. The summed E-state index contributed by atoms with van der Waals surface area (Å²) >= 11 is 1.59. The molecule has 1 aliphatic rings. The largest absolute Gasteiger partial charge is 0.391 e. The van der Waals surface area contributed by atoms with Gasteiger partial charge < -0.3 is 26.4 Å². The lowest BCUT2D eigenvalue weighted by Gasteiger charge is -2.35. The van der Waals surface area contributed by atoms with Gasteiger partial charge in [-0.1, -0.05) is 116 Å². The molecule has 2 heterocycles. The van der Waals surface area contributed by atoms with E-state index in [1.165, 1.54) is 62.7 Å². The quantitative estimate of drug-likeness (QED) is 0.109. The molecule has 0 spiro atoms. The maximum absolute atomic E-state index is 13.9. The second-order valence-corrected chi connectivity index (χ2v) is 15.4. The van der Waals surface area contributed by atoms with Crippen LogP contribution in [0.4, 0.5) is 0 Å². The Morgan fingerprint density at radius 3 is 2.02 bits per heavy atom. The first-order valence-corrected chi connectivity index (χ1v) is 19.1. The highest BCUT2D eigenvalue weighted by molar-refractivity contribution is 7.13. The van der Waals surface area contributed by atoms with Crippen molar-refractivity contribution < 1.29 is 19.5 Å². The predicted octanol–water partition coefficient (Wildman–Crippen LogP) is 6.65. The maximum Gasteiger partial charge on any atom is 0.246 e. The van der Waals surface area contributed by atoms with Crippen molar-refractivity contribution in [3.63, 3.8) is 0 Å². The summed E-state index contributed by atoms with van der Waals surface area (Å²) in [7, 11) is 0. The topological polar surface area (TPSA) is 138 Å². The van der Waals surface area contributed by atoms with E-state index < -0.39 is 23.6 Å². The molecule has 1 aromatic heterocycles. The second kappa shape index (κ2) is 20.6. The van der Waals surface area contributed by atoms with Crippen LogP contribution in [0.25, 0.3) is 10.4 Å². The van der Waals surface area contributed by atoms with Crippen molar-refractivity contribution >= 4 is 29.1 Å². The van der Waals surface area contributed by atoms with Crippen molar-refractivity contribution in [2.45, 2.75) is 149 Å². The number of carbonyl (C=O) groups excluding carboxylic acids is 3. The average Bonchev–Trinajstić information content (AvgIpc) is 3.67. The number of thiazole rings is 1. The van der Waals surface area contributed by atoms with Gasteiger partial charge in [-0.25, -0.2) is 4.98 Å². The Labute approximate surface area is 292 Å². The minimum atomic E-state index is -0.797. The second-order valence-electron chi connectivity index (χ2n) is 14.6. The molecular weight excluding hydrogens is 623 g/mol. The number of likely N-dealkylation sites (tertiary alicyclic amines) is 1. The first-order valence-electron chi connectivity index (χ1n) is 18.3. The van der Waals surface area contributed by atoms with Crippen molar-refractivity contribution in [3.8, 4) is 10.4 Å². The molecule has 3 rings (SSSR count). The standard InChI is InChI=1S/C38H61N5O4S/c1-28-34(48-27-41-28)30-21-19-29(20-22-30)25-40-36(46)32-24-31(44)26-43(32)37(47)35(38(2,3)4)42-33(45)18-16-14-12-10-8-6-5-7-9-11-13-15-17-23-39/h19-22,27,31-32,35,44H,5-18,23-26,39H2,1-4H3,(H,40,46)(H,42,45). The van der Waals surface area contributed by atoms with E-state index in [1.807, 2.05) is 57.5 Å². The fourth-order valence-electron chi connectivity index (χ4n) is 6.39. The smallest absolute Gasteiger partial charge is 0.246 e. The van der Waals surface area contributed by atoms with E-state index in [0.717, 1.165) is 53.9 Å². The van der Waals surface area contributed by atoms with Crippen LogP contribution in [0.15, 0.2) is 29.8 Å². The minimum absolute atomic E-state index is 0.0665. The normalized spacial score (nSPS) is 17.0. The van der Waals surface area contributed by atoms with Gasteiger partial charge in [-0.2, -0.15) is 0 Å². The summed E-state index contributed by atoms with van der Waals surface area (Å²) in [6.45, 7) is 8.91. The molecule has 5 N–H and O–H groups in total. The van der Waals surface area contributed by atoms with Crippen molar-refractivity contribution in [2.24, 2.45) is 11.1 Å². The highest BCUT2D eigenvalue weighted by Gasteiger charge is 2.44. The summed E-state index contributed by atoms with van der Waals surface area (Å²) in [5.41, 5.74) is 9.82. The lowest BCUT2D eigenvalue weighted by molar-refractivity contribution is -0.144.